The van der Waals surface area contributed by atoms with Crippen molar-refractivity contribution in [3.8, 4) is 5.75 Å². The number of aromatic amines is 1. The minimum atomic E-state index is 0.200. The van der Waals surface area contributed by atoms with E-state index < -0.39 is 0 Å². The first-order chi connectivity index (χ1) is 10.6. The molecule has 1 N–H and O–H groups in total. The number of aryl methyl sites for hydroxylation is 1. The Hall–Kier alpha value is -1.37. The lowest BCUT2D eigenvalue weighted by atomic mass is 10.2. The Balaban J connectivity index is 1.72. The first kappa shape index (κ1) is 15.5. The number of halogens is 1. The lowest BCUT2D eigenvalue weighted by Crippen LogP contribution is -2.18. The molecule has 3 rings (SSSR count). The Morgan fingerprint density at radius 3 is 3.18 bits per heavy atom. The van der Waals surface area contributed by atoms with Gasteiger partial charge < -0.3 is 9.47 Å². The second-order valence-electron chi connectivity index (χ2n) is 5.41. The number of rotatable bonds is 5. The van der Waals surface area contributed by atoms with Gasteiger partial charge in [0.15, 0.2) is 10.6 Å². The van der Waals surface area contributed by atoms with Gasteiger partial charge in [0.1, 0.15) is 12.4 Å². The second kappa shape index (κ2) is 6.81. The standard InChI is InChI=1S/C15H18ClN3O2S/c1-10-4-5-12(16)13(7-10)21-9-14-17-18-15(22)19(14)8-11-3-2-6-20-11/h4-5,7,11H,2-3,6,8-9H2,1H3,(H,18,22). The van der Waals surface area contributed by atoms with Crippen LogP contribution in [0.25, 0.3) is 0 Å². The number of aromatic nitrogens is 3. The molecule has 0 aliphatic carbocycles. The molecule has 2 heterocycles. The van der Waals surface area contributed by atoms with Crippen molar-refractivity contribution >= 4 is 23.8 Å². The number of nitrogens with zero attached hydrogens (tertiary/aromatic N) is 2. The van der Waals surface area contributed by atoms with Gasteiger partial charge in [-0.15, -0.1) is 0 Å². The Labute approximate surface area is 139 Å². The molecule has 0 spiro atoms. The number of H-pyrrole nitrogens is 1. The summed E-state index contributed by atoms with van der Waals surface area (Å²) in [6, 6.07) is 5.69. The van der Waals surface area contributed by atoms with Crippen molar-refractivity contribution in [2.45, 2.75) is 39.0 Å². The van der Waals surface area contributed by atoms with Crippen LogP contribution >= 0.6 is 23.8 Å². The highest BCUT2D eigenvalue weighted by molar-refractivity contribution is 7.71. The van der Waals surface area contributed by atoms with Crippen LogP contribution in [0.5, 0.6) is 5.75 Å². The number of hydrogen-bond acceptors (Lipinski definition) is 4. The fraction of sp³-hybridized carbons (Fsp3) is 0.467. The molecule has 5 nitrogen and oxygen atoms in total. The normalized spacial score (nSPS) is 17.8. The summed E-state index contributed by atoms with van der Waals surface area (Å²) >= 11 is 11.4. The minimum absolute atomic E-state index is 0.200. The lowest BCUT2D eigenvalue weighted by Gasteiger charge is -2.13. The molecule has 0 bridgehead atoms. The highest BCUT2D eigenvalue weighted by atomic mass is 35.5. The number of hydrogen-bond donors (Lipinski definition) is 1. The van der Waals surface area contributed by atoms with Crippen molar-refractivity contribution in [2.24, 2.45) is 0 Å². The molecule has 7 heteroatoms. The first-order valence-electron chi connectivity index (χ1n) is 7.28. The predicted octanol–water partition coefficient (Wildman–Crippen LogP) is 3.66. The van der Waals surface area contributed by atoms with E-state index in [0.717, 1.165) is 30.8 Å². The molecule has 0 radical (unpaired) electrons. The Kier molecular flexibility index (Phi) is 4.81. The number of nitrogens with one attached hydrogen (secondary N) is 1. The molecule has 1 fully saturated rings. The van der Waals surface area contributed by atoms with E-state index in [9.17, 15) is 0 Å². The largest absolute Gasteiger partial charge is 0.484 e. The van der Waals surface area contributed by atoms with E-state index in [1.165, 1.54) is 0 Å². The molecule has 2 aromatic rings. The molecule has 1 unspecified atom stereocenters. The van der Waals surface area contributed by atoms with E-state index in [-0.39, 0.29) is 6.10 Å². The zero-order valence-electron chi connectivity index (χ0n) is 12.3. The van der Waals surface area contributed by atoms with Crippen molar-refractivity contribution in [3.63, 3.8) is 0 Å². The third kappa shape index (κ3) is 3.51. The smallest absolute Gasteiger partial charge is 0.195 e. The molecule has 0 saturated carbocycles. The van der Waals surface area contributed by atoms with Crippen LogP contribution in [0.4, 0.5) is 0 Å². The van der Waals surface area contributed by atoms with Crippen LogP contribution in [-0.2, 0) is 17.9 Å². The van der Waals surface area contributed by atoms with Crippen molar-refractivity contribution in [1.29, 1.82) is 0 Å². The molecular formula is C15H18ClN3O2S. The maximum atomic E-state index is 6.14. The van der Waals surface area contributed by atoms with E-state index in [1.54, 1.807) is 0 Å². The summed E-state index contributed by atoms with van der Waals surface area (Å²) in [6.45, 7) is 3.83. The minimum Gasteiger partial charge on any atom is -0.484 e. The van der Waals surface area contributed by atoms with Crippen LogP contribution in [0.3, 0.4) is 0 Å². The third-order valence-corrected chi connectivity index (χ3v) is 4.31. The molecule has 1 saturated heterocycles. The topological polar surface area (TPSA) is 52.1 Å². The Bertz CT molecular complexity index is 707. The van der Waals surface area contributed by atoms with Crippen LogP contribution in [0.2, 0.25) is 5.02 Å². The van der Waals surface area contributed by atoms with Crippen LogP contribution in [0, 0.1) is 11.7 Å². The van der Waals surface area contributed by atoms with Gasteiger partial charge in [0.25, 0.3) is 0 Å². The fourth-order valence-electron chi connectivity index (χ4n) is 2.50. The van der Waals surface area contributed by atoms with Crippen molar-refractivity contribution < 1.29 is 9.47 Å². The summed E-state index contributed by atoms with van der Waals surface area (Å²) in [6.07, 6.45) is 2.35. The molecule has 1 atom stereocenters. The van der Waals surface area contributed by atoms with E-state index in [1.807, 2.05) is 29.7 Å². The quantitative estimate of drug-likeness (QED) is 0.845. The van der Waals surface area contributed by atoms with Gasteiger partial charge in [-0.2, -0.15) is 5.10 Å². The maximum Gasteiger partial charge on any atom is 0.195 e. The summed E-state index contributed by atoms with van der Waals surface area (Å²) < 4.78 is 14.0. The van der Waals surface area contributed by atoms with Crippen molar-refractivity contribution in [1.82, 2.24) is 14.8 Å². The van der Waals surface area contributed by atoms with Gasteiger partial charge in [-0.05, 0) is 49.7 Å². The van der Waals surface area contributed by atoms with Gasteiger partial charge in [-0.25, -0.2) is 0 Å². The molecule has 1 aromatic heterocycles. The van der Waals surface area contributed by atoms with Gasteiger partial charge in [-0.1, -0.05) is 17.7 Å². The van der Waals surface area contributed by atoms with E-state index in [0.29, 0.717) is 28.7 Å². The van der Waals surface area contributed by atoms with Crippen LogP contribution in [0.1, 0.15) is 24.2 Å². The Morgan fingerprint density at radius 1 is 1.55 bits per heavy atom. The van der Waals surface area contributed by atoms with Gasteiger partial charge in [0.05, 0.1) is 17.7 Å². The van der Waals surface area contributed by atoms with E-state index in [2.05, 4.69) is 10.2 Å². The monoisotopic (exact) mass is 339 g/mol. The zero-order chi connectivity index (χ0) is 15.5. The highest BCUT2D eigenvalue weighted by Crippen LogP contribution is 2.26. The third-order valence-electron chi connectivity index (χ3n) is 3.69. The molecule has 1 aromatic carbocycles. The van der Waals surface area contributed by atoms with Crippen LogP contribution < -0.4 is 4.74 Å². The average molecular weight is 340 g/mol. The van der Waals surface area contributed by atoms with Crippen molar-refractivity contribution in [3.05, 3.63) is 39.4 Å². The Morgan fingerprint density at radius 2 is 2.41 bits per heavy atom. The average Bonchev–Trinajstić information content (AvgIpc) is 3.12. The molecule has 1 aliphatic rings. The SMILES string of the molecule is Cc1ccc(Cl)c(OCc2n[nH]c(=S)n2CC2CCCO2)c1. The molecule has 22 heavy (non-hydrogen) atoms. The van der Waals surface area contributed by atoms with Crippen molar-refractivity contribution in [2.75, 3.05) is 6.61 Å². The summed E-state index contributed by atoms with van der Waals surface area (Å²) in [5, 5.41) is 7.66. The fourth-order valence-corrected chi connectivity index (χ4v) is 2.90. The van der Waals surface area contributed by atoms with Gasteiger partial charge in [0, 0.05) is 6.61 Å². The predicted molar refractivity (Wildman–Crippen MR) is 86.9 cm³/mol. The molecule has 0 amide bonds. The first-order valence-corrected chi connectivity index (χ1v) is 8.07. The van der Waals surface area contributed by atoms with Crippen LogP contribution in [0.15, 0.2) is 18.2 Å². The molecule has 118 valence electrons. The molecule has 1 aliphatic heterocycles. The van der Waals surface area contributed by atoms with Crippen LogP contribution in [-0.4, -0.2) is 27.5 Å². The highest BCUT2D eigenvalue weighted by Gasteiger charge is 2.19. The lowest BCUT2D eigenvalue weighted by molar-refractivity contribution is 0.0949. The van der Waals surface area contributed by atoms with Gasteiger partial charge in [0.2, 0.25) is 0 Å². The van der Waals surface area contributed by atoms with Gasteiger partial charge >= 0.3 is 0 Å². The van der Waals surface area contributed by atoms with E-state index in [4.69, 9.17) is 33.3 Å². The summed E-state index contributed by atoms with van der Waals surface area (Å²) in [4.78, 5) is 0. The molecular weight excluding hydrogens is 322 g/mol. The van der Waals surface area contributed by atoms with E-state index >= 15 is 0 Å². The summed E-state index contributed by atoms with van der Waals surface area (Å²) in [5.41, 5.74) is 1.10. The number of benzene rings is 1. The second-order valence-corrected chi connectivity index (χ2v) is 6.21. The zero-order valence-corrected chi connectivity index (χ0v) is 13.9. The van der Waals surface area contributed by atoms with Gasteiger partial charge in [-0.3, -0.25) is 9.67 Å². The number of ether oxygens (including phenoxy) is 2. The maximum absolute atomic E-state index is 6.14. The summed E-state index contributed by atoms with van der Waals surface area (Å²) in [7, 11) is 0. The summed E-state index contributed by atoms with van der Waals surface area (Å²) in [5.74, 6) is 1.40.